The van der Waals surface area contributed by atoms with Crippen LogP contribution in [0.15, 0.2) is 12.3 Å². The highest BCUT2D eigenvalue weighted by Gasteiger charge is 2.10. The van der Waals surface area contributed by atoms with Gasteiger partial charge in [0.15, 0.2) is 0 Å². The highest BCUT2D eigenvalue weighted by Crippen LogP contribution is 2.08. The van der Waals surface area contributed by atoms with Gasteiger partial charge in [-0.25, -0.2) is 0 Å². The summed E-state index contributed by atoms with van der Waals surface area (Å²) in [5.41, 5.74) is 5.20. The normalized spacial score (nSPS) is 27.8. The summed E-state index contributed by atoms with van der Waals surface area (Å²) in [6.07, 6.45) is 7.37. The van der Waals surface area contributed by atoms with Gasteiger partial charge in [-0.2, -0.15) is 0 Å². The summed E-state index contributed by atoms with van der Waals surface area (Å²) in [4.78, 5) is 0. The lowest BCUT2D eigenvalue weighted by Crippen LogP contribution is -2.20. The van der Waals surface area contributed by atoms with Crippen LogP contribution in [0, 0.1) is 0 Å². The van der Waals surface area contributed by atoms with Crippen LogP contribution in [0.25, 0.3) is 0 Å². The Morgan fingerprint density at radius 3 is 3.11 bits per heavy atom. The maximum Gasteiger partial charge on any atom is 0.0103 e. The molecule has 0 saturated carbocycles. The Bertz CT molecular complexity index is 93.1. The van der Waals surface area contributed by atoms with E-state index < -0.39 is 0 Å². The molecule has 1 rings (SSSR count). The SMILES string of the molecule is N/C=C/CC1CCCN1. The molecule has 0 spiro atoms. The topological polar surface area (TPSA) is 38.0 Å². The standard InChI is InChI=1S/C7H14N2/c8-5-1-3-7-4-2-6-9-7/h1,5,7,9H,2-4,6,8H2/b5-1+. The lowest BCUT2D eigenvalue weighted by Gasteiger charge is -2.03. The monoisotopic (exact) mass is 126 g/mol. The number of rotatable bonds is 2. The Morgan fingerprint density at radius 1 is 1.67 bits per heavy atom. The Hall–Kier alpha value is -0.500. The van der Waals surface area contributed by atoms with E-state index in [0.29, 0.717) is 6.04 Å². The van der Waals surface area contributed by atoms with Crippen LogP contribution in [0.5, 0.6) is 0 Å². The minimum Gasteiger partial charge on any atom is -0.405 e. The number of nitrogens with two attached hydrogens (primary N) is 1. The van der Waals surface area contributed by atoms with Crippen molar-refractivity contribution in [3.05, 3.63) is 12.3 Å². The number of hydrogen-bond donors (Lipinski definition) is 2. The third-order valence-corrected chi connectivity index (χ3v) is 1.72. The van der Waals surface area contributed by atoms with E-state index in [0.717, 1.165) is 6.42 Å². The third-order valence-electron chi connectivity index (χ3n) is 1.72. The van der Waals surface area contributed by atoms with E-state index in [1.807, 2.05) is 6.08 Å². The molecule has 2 nitrogen and oxygen atoms in total. The summed E-state index contributed by atoms with van der Waals surface area (Å²) >= 11 is 0. The second kappa shape index (κ2) is 3.51. The first-order chi connectivity index (χ1) is 4.43. The molecule has 9 heavy (non-hydrogen) atoms. The van der Waals surface area contributed by atoms with E-state index in [9.17, 15) is 0 Å². The fourth-order valence-electron chi connectivity index (χ4n) is 1.20. The van der Waals surface area contributed by atoms with Crippen molar-refractivity contribution in [1.29, 1.82) is 0 Å². The molecular formula is C7H14N2. The fourth-order valence-corrected chi connectivity index (χ4v) is 1.20. The Kier molecular flexibility index (Phi) is 2.58. The Morgan fingerprint density at radius 2 is 2.56 bits per heavy atom. The van der Waals surface area contributed by atoms with Gasteiger partial charge < -0.3 is 11.1 Å². The second-order valence-corrected chi connectivity index (χ2v) is 2.46. The van der Waals surface area contributed by atoms with Crippen molar-refractivity contribution in [2.75, 3.05) is 6.54 Å². The van der Waals surface area contributed by atoms with Crippen LogP contribution < -0.4 is 11.1 Å². The molecule has 0 radical (unpaired) electrons. The molecule has 1 unspecified atom stereocenters. The van der Waals surface area contributed by atoms with Crippen LogP contribution >= 0.6 is 0 Å². The molecule has 0 aromatic heterocycles. The molecule has 0 amide bonds. The van der Waals surface area contributed by atoms with Crippen molar-refractivity contribution in [2.45, 2.75) is 25.3 Å². The molecule has 0 aliphatic carbocycles. The van der Waals surface area contributed by atoms with Gasteiger partial charge in [0.1, 0.15) is 0 Å². The summed E-state index contributed by atoms with van der Waals surface area (Å²) in [7, 11) is 0. The van der Waals surface area contributed by atoms with Crippen LogP contribution in [0.1, 0.15) is 19.3 Å². The molecule has 1 saturated heterocycles. The molecule has 0 aromatic rings. The smallest absolute Gasteiger partial charge is 0.0103 e. The van der Waals surface area contributed by atoms with Crippen LogP contribution in [0.3, 0.4) is 0 Å². The minimum absolute atomic E-state index is 0.699. The van der Waals surface area contributed by atoms with E-state index in [1.165, 1.54) is 19.4 Å². The molecule has 1 aliphatic rings. The van der Waals surface area contributed by atoms with Gasteiger partial charge in [-0.05, 0) is 32.0 Å². The summed E-state index contributed by atoms with van der Waals surface area (Å²) in [5.74, 6) is 0. The van der Waals surface area contributed by atoms with Gasteiger partial charge in [0.2, 0.25) is 0 Å². The first-order valence-electron chi connectivity index (χ1n) is 3.53. The molecule has 52 valence electrons. The molecule has 3 N–H and O–H groups in total. The van der Waals surface area contributed by atoms with Crippen molar-refractivity contribution in [1.82, 2.24) is 5.32 Å². The predicted molar refractivity (Wildman–Crippen MR) is 39.0 cm³/mol. The number of hydrogen-bond acceptors (Lipinski definition) is 2. The molecule has 0 aromatic carbocycles. The van der Waals surface area contributed by atoms with E-state index in [1.54, 1.807) is 6.20 Å². The van der Waals surface area contributed by atoms with Crippen molar-refractivity contribution < 1.29 is 0 Å². The van der Waals surface area contributed by atoms with Crippen LogP contribution in [-0.2, 0) is 0 Å². The molecular weight excluding hydrogens is 112 g/mol. The van der Waals surface area contributed by atoms with Gasteiger partial charge in [-0.1, -0.05) is 6.08 Å². The third kappa shape index (κ3) is 2.06. The summed E-state index contributed by atoms with van der Waals surface area (Å²) in [6, 6.07) is 0.699. The molecule has 2 heteroatoms. The summed E-state index contributed by atoms with van der Waals surface area (Å²) in [5, 5.41) is 3.38. The van der Waals surface area contributed by atoms with Crippen LogP contribution in [0.4, 0.5) is 0 Å². The van der Waals surface area contributed by atoms with Gasteiger partial charge in [-0.15, -0.1) is 0 Å². The average molecular weight is 126 g/mol. The lowest BCUT2D eigenvalue weighted by molar-refractivity contribution is 0.614. The highest BCUT2D eigenvalue weighted by atomic mass is 14.9. The maximum absolute atomic E-state index is 5.20. The van der Waals surface area contributed by atoms with Crippen LogP contribution in [0.2, 0.25) is 0 Å². The first kappa shape index (κ1) is 6.62. The molecule has 1 heterocycles. The van der Waals surface area contributed by atoms with Gasteiger partial charge >= 0.3 is 0 Å². The quantitative estimate of drug-likeness (QED) is 0.568. The minimum atomic E-state index is 0.699. The number of nitrogens with one attached hydrogen (secondary N) is 1. The fraction of sp³-hybridized carbons (Fsp3) is 0.714. The summed E-state index contributed by atoms with van der Waals surface area (Å²) < 4.78 is 0. The van der Waals surface area contributed by atoms with Crippen LogP contribution in [-0.4, -0.2) is 12.6 Å². The lowest BCUT2D eigenvalue weighted by atomic mass is 10.2. The largest absolute Gasteiger partial charge is 0.405 e. The maximum atomic E-state index is 5.20. The van der Waals surface area contributed by atoms with Gasteiger partial charge in [-0.3, -0.25) is 0 Å². The second-order valence-electron chi connectivity index (χ2n) is 2.46. The molecule has 1 fully saturated rings. The Labute approximate surface area is 56.1 Å². The van der Waals surface area contributed by atoms with Crippen molar-refractivity contribution in [3.63, 3.8) is 0 Å². The summed E-state index contributed by atoms with van der Waals surface area (Å²) in [6.45, 7) is 1.18. The van der Waals surface area contributed by atoms with E-state index in [-0.39, 0.29) is 0 Å². The zero-order valence-corrected chi connectivity index (χ0v) is 5.64. The van der Waals surface area contributed by atoms with Crippen molar-refractivity contribution in [3.8, 4) is 0 Å². The van der Waals surface area contributed by atoms with Crippen molar-refractivity contribution in [2.24, 2.45) is 5.73 Å². The van der Waals surface area contributed by atoms with E-state index in [4.69, 9.17) is 5.73 Å². The van der Waals surface area contributed by atoms with Crippen molar-refractivity contribution >= 4 is 0 Å². The molecule has 1 atom stereocenters. The van der Waals surface area contributed by atoms with E-state index >= 15 is 0 Å². The first-order valence-corrected chi connectivity index (χ1v) is 3.53. The average Bonchev–Trinajstić information content (AvgIpc) is 2.34. The molecule has 1 aliphatic heterocycles. The van der Waals surface area contributed by atoms with Gasteiger partial charge in [0.05, 0.1) is 0 Å². The predicted octanol–water partition coefficient (Wildman–Crippen LogP) is 0.601. The Balaban J connectivity index is 2.11. The zero-order valence-electron chi connectivity index (χ0n) is 5.64. The highest BCUT2D eigenvalue weighted by molar-refractivity contribution is 4.85. The van der Waals surface area contributed by atoms with E-state index in [2.05, 4.69) is 5.32 Å². The van der Waals surface area contributed by atoms with Gasteiger partial charge in [0, 0.05) is 6.04 Å². The molecule has 0 bridgehead atoms. The van der Waals surface area contributed by atoms with Gasteiger partial charge in [0.25, 0.3) is 0 Å². The zero-order chi connectivity index (χ0) is 6.53.